The van der Waals surface area contributed by atoms with Crippen molar-refractivity contribution < 1.29 is 26.3 Å². The van der Waals surface area contributed by atoms with E-state index < -0.39 is 23.4 Å². The van der Waals surface area contributed by atoms with Gasteiger partial charge in [-0.1, -0.05) is 0 Å². The first kappa shape index (κ1) is 10.8. The van der Waals surface area contributed by atoms with Gasteiger partial charge in [0.05, 0.1) is 6.61 Å². The Kier molecular flexibility index (Phi) is 4.50. The highest BCUT2D eigenvalue weighted by Gasteiger charge is 2.11. The average molecular weight is 188 g/mol. The smallest absolute Gasteiger partial charge is 0.349 e. The van der Waals surface area contributed by atoms with Gasteiger partial charge in [-0.25, -0.2) is 8.57 Å². The van der Waals surface area contributed by atoms with Gasteiger partial charge >= 0.3 is 10.4 Å². The molecule has 11 heavy (non-hydrogen) atoms. The summed E-state index contributed by atoms with van der Waals surface area (Å²) in [5, 5.41) is 0. The van der Waals surface area contributed by atoms with E-state index in [1.807, 2.05) is 0 Å². The minimum Gasteiger partial charge on any atom is -0.349 e. The fourth-order valence-electron chi connectivity index (χ4n) is 0.410. The molecule has 0 aromatic heterocycles. The summed E-state index contributed by atoms with van der Waals surface area (Å²) in [6, 6.07) is 0. The Labute approximate surface area is 64.1 Å². The second kappa shape index (κ2) is 4.60. The molecule has 0 rings (SSSR count). The van der Waals surface area contributed by atoms with Crippen LogP contribution in [0, 0.1) is 0 Å². The Morgan fingerprint density at radius 1 is 1.64 bits per heavy atom. The zero-order chi connectivity index (χ0) is 8.91. The topological polar surface area (TPSA) is 72.8 Å². The molecule has 0 saturated carbocycles. The van der Waals surface area contributed by atoms with Gasteiger partial charge in [0.1, 0.15) is 6.67 Å². The van der Waals surface area contributed by atoms with E-state index in [9.17, 15) is 12.8 Å². The van der Waals surface area contributed by atoms with Crippen molar-refractivity contribution in [1.82, 2.24) is 0 Å². The average Bonchev–Trinajstić information content (AvgIpc) is 1.79. The maximum absolute atomic E-state index is 11.4. The Hall–Kier alpha value is -0.240. The highest BCUT2D eigenvalue weighted by molar-refractivity contribution is 7.80. The minimum atomic E-state index is -4.50. The van der Waals surface area contributed by atoms with Crippen LogP contribution in [0.5, 0.6) is 0 Å². The van der Waals surface area contributed by atoms with E-state index in [-0.39, 0.29) is 6.61 Å². The molecule has 1 N–H and O–H groups in total. The summed E-state index contributed by atoms with van der Waals surface area (Å²) in [5.74, 6) is 0. The zero-order valence-electron chi connectivity index (χ0n) is 5.86. The summed E-state index contributed by atoms with van der Waals surface area (Å²) in [4.78, 5) is 0. The summed E-state index contributed by atoms with van der Waals surface area (Å²) in [7, 11) is -4.50. The largest absolute Gasteiger partial charge is 0.399 e. The van der Waals surface area contributed by atoms with Crippen molar-refractivity contribution in [3.05, 3.63) is 0 Å². The van der Waals surface area contributed by atoms with Gasteiger partial charge < -0.3 is 4.74 Å². The Balaban J connectivity index is 3.61. The van der Waals surface area contributed by atoms with Gasteiger partial charge in [0.25, 0.3) is 0 Å². The van der Waals surface area contributed by atoms with Crippen molar-refractivity contribution in [3.63, 3.8) is 0 Å². The molecule has 1 atom stereocenters. The van der Waals surface area contributed by atoms with E-state index >= 15 is 0 Å². The third-order valence-electron chi connectivity index (χ3n) is 0.687. The third kappa shape index (κ3) is 7.66. The van der Waals surface area contributed by atoms with Gasteiger partial charge in [-0.15, -0.1) is 0 Å². The van der Waals surface area contributed by atoms with Gasteiger partial charge in [-0.3, -0.25) is 4.55 Å². The van der Waals surface area contributed by atoms with Gasteiger partial charge in [0, 0.05) is 0 Å². The predicted molar refractivity (Wildman–Crippen MR) is 34.0 cm³/mol. The molecule has 7 heteroatoms. The van der Waals surface area contributed by atoms with Crippen molar-refractivity contribution in [3.8, 4) is 0 Å². The molecule has 0 heterocycles. The van der Waals surface area contributed by atoms with Crippen LogP contribution in [-0.2, 0) is 19.3 Å². The molecule has 0 aliphatic rings. The van der Waals surface area contributed by atoms with Crippen LogP contribution >= 0.6 is 0 Å². The molecular weight excluding hydrogens is 179 g/mol. The zero-order valence-corrected chi connectivity index (χ0v) is 6.67. The quantitative estimate of drug-likeness (QED) is 0.490. The first-order valence-corrected chi connectivity index (χ1v) is 4.15. The summed E-state index contributed by atoms with van der Waals surface area (Å²) in [6.45, 7) is 0.222. The molecular formula is C4H9FO5S. The normalized spacial score (nSPS) is 14.8. The van der Waals surface area contributed by atoms with Crippen molar-refractivity contribution in [2.75, 3.05) is 13.3 Å². The van der Waals surface area contributed by atoms with Crippen molar-refractivity contribution in [2.24, 2.45) is 0 Å². The maximum Gasteiger partial charge on any atom is 0.399 e. The number of hydrogen-bond donors (Lipinski definition) is 1. The van der Waals surface area contributed by atoms with Crippen LogP contribution in [0.4, 0.5) is 4.39 Å². The standard InChI is InChI=1S/C4H9FO5S/c1-4(9-3-2-5)10-11(6,7)8/h4H,2-3H2,1H3,(H,6,7,8). The van der Waals surface area contributed by atoms with Gasteiger partial charge in [-0.05, 0) is 6.92 Å². The van der Waals surface area contributed by atoms with E-state index in [2.05, 4.69) is 8.92 Å². The molecule has 0 fully saturated rings. The lowest BCUT2D eigenvalue weighted by Crippen LogP contribution is -2.18. The van der Waals surface area contributed by atoms with Crippen LogP contribution in [0.1, 0.15) is 6.92 Å². The van der Waals surface area contributed by atoms with Crippen LogP contribution in [-0.4, -0.2) is 32.5 Å². The number of ether oxygens (including phenoxy) is 1. The molecule has 0 aromatic rings. The highest BCUT2D eigenvalue weighted by atomic mass is 32.3. The molecule has 0 aliphatic carbocycles. The molecule has 0 aromatic carbocycles. The number of alkyl halides is 1. The van der Waals surface area contributed by atoms with E-state index in [1.165, 1.54) is 6.92 Å². The lowest BCUT2D eigenvalue weighted by Gasteiger charge is -2.08. The SMILES string of the molecule is CC(OCCF)OS(=O)(=O)O. The molecule has 0 amide bonds. The molecule has 0 radical (unpaired) electrons. The molecule has 0 spiro atoms. The Morgan fingerprint density at radius 3 is 2.55 bits per heavy atom. The minimum absolute atomic E-state index is 0.267. The first-order valence-electron chi connectivity index (χ1n) is 2.79. The monoisotopic (exact) mass is 188 g/mol. The summed E-state index contributed by atoms with van der Waals surface area (Å²) < 4.78 is 47.7. The molecule has 68 valence electrons. The van der Waals surface area contributed by atoms with E-state index in [0.717, 1.165) is 0 Å². The van der Waals surface area contributed by atoms with E-state index in [0.29, 0.717) is 0 Å². The van der Waals surface area contributed by atoms with Gasteiger partial charge in [0.15, 0.2) is 6.29 Å². The number of rotatable bonds is 5. The fourth-order valence-corrected chi connectivity index (χ4v) is 0.808. The second-order valence-electron chi connectivity index (χ2n) is 1.65. The summed E-state index contributed by atoms with van der Waals surface area (Å²) in [6.07, 6.45) is -1.17. The predicted octanol–water partition coefficient (Wildman–Crippen LogP) is 0.138. The summed E-state index contributed by atoms with van der Waals surface area (Å²) in [5.41, 5.74) is 0. The van der Waals surface area contributed by atoms with Crippen LogP contribution in [0.25, 0.3) is 0 Å². The van der Waals surface area contributed by atoms with Crippen molar-refractivity contribution in [1.29, 1.82) is 0 Å². The molecule has 0 saturated heterocycles. The lowest BCUT2D eigenvalue weighted by molar-refractivity contribution is -0.0711. The molecule has 0 aliphatic heterocycles. The maximum atomic E-state index is 11.4. The number of hydrogen-bond acceptors (Lipinski definition) is 4. The Bertz CT molecular complexity index is 189. The van der Waals surface area contributed by atoms with Gasteiger partial charge in [0.2, 0.25) is 0 Å². The van der Waals surface area contributed by atoms with Crippen molar-refractivity contribution in [2.45, 2.75) is 13.2 Å². The van der Waals surface area contributed by atoms with E-state index in [1.54, 1.807) is 0 Å². The highest BCUT2D eigenvalue weighted by Crippen LogP contribution is 1.97. The van der Waals surface area contributed by atoms with Gasteiger partial charge in [-0.2, -0.15) is 8.42 Å². The first-order chi connectivity index (χ1) is 4.95. The molecule has 5 nitrogen and oxygen atoms in total. The van der Waals surface area contributed by atoms with Crippen LogP contribution < -0.4 is 0 Å². The van der Waals surface area contributed by atoms with Crippen LogP contribution in [0.2, 0.25) is 0 Å². The Morgan fingerprint density at radius 2 is 2.18 bits per heavy atom. The lowest BCUT2D eigenvalue weighted by atomic mass is 10.7. The van der Waals surface area contributed by atoms with Crippen molar-refractivity contribution >= 4 is 10.4 Å². The third-order valence-corrected chi connectivity index (χ3v) is 1.20. The second-order valence-corrected chi connectivity index (χ2v) is 2.70. The van der Waals surface area contributed by atoms with Crippen LogP contribution in [0.15, 0.2) is 0 Å². The fraction of sp³-hybridized carbons (Fsp3) is 1.00. The van der Waals surface area contributed by atoms with E-state index in [4.69, 9.17) is 4.55 Å². The molecule has 0 bridgehead atoms. The summed E-state index contributed by atoms with van der Waals surface area (Å²) >= 11 is 0. The van der Waals surface area contributed by atoms with Crippen LogP contribution in [0.3, 0.4) is 0 Å². The molecule has 1 unspecified atom stereocenters. The number of halogens is 1.